The molecule has 0 aliphatic carbocycles. The number of anilines is 1. The van der Waals surface area contributed by atoms with Crippen LogP contribution in [0.4, 0.5) is 5.69 Å². The number of rotatable bonds is 4. The Kier molecular flexibility index (Phi) is 4.93. The van der Waals surface area contributed by atoms with Gasteiger partial charge < -0.3 is 15.4 Å². The van der Waals surface area contributed by atoms with Crippen LogP contribution in [0.2, 0.25) is 0 Å². The van der Waals surface area contributed by atoms with Crippen LogP contribution < -0.4 is 15.4 Å². The SMILES string of the molecule is O=C(NCc1cnc(-c2ccccc2)s1)c1ccc2c(c1)NC(=O)c1ccccc1O2. The molecule has 3 aromatic carbocycles. The molecule has 6 nitrogen and oxygen atoms in total. The standard InChI is InChI=1S/C24H17N3O3S/c28-22(25-13-17-14-26-24(31-17)15-6-2-1-3-7-15)16-10-11-21-19(12-16)27-23(29)18-8-4-5-9-20(18)30-21/h1-12,14H,13H2,(H,25,28)(H,27,29). The number of ether oxygens (including phenoxy) is 1. The van der Waals surface area contributed by atoms with Gasteiger partial charge in [0.2, 0.25) is 0 Å². The van der Waals surface area contributed by atoms with Crippen molar-refractivity contribution in [3.8, 4) is 22.1 Å². The molecule has 1 aromatic heterocycles. The first kappa shape index (κ1) is 19.0. The van der Waals surface area contributed by atoms with E-state index in [9.17, 15) is 9.59 Å². The fourth-order valence-electron chi connectivity index (χ4n) is 3.28. The molecule has 31 heavy (non-hydrogen) atoms. The van der Waals surface area contributed by atoms with Crippen molar-refractivity contribution in [1.82, 2.24) is 10.3 Å². The number of carbonyl (C=O) groups is 2. The summed E-state index contributed by atoms with van der Waals surface area (Å²) >= 11 is 1.54. The van der Waals surface area contributed by atoms with Crippen LogP contribution in [0.3, 0.4) is 0 Å². The second-order valence-corrected chi connectivity index (χ2v) is 8.06. The van der Waals surface area contributed by atoms with E-state index in [1.165, 1.54) is 11.3 Å². The smallest absolute Gasteiger partial charge is 0.259 e. The van der Waals surface area contributed by atoms with E-state index in [2.05, 4.69) is 15.6 Å². The van der Waals surface area contributed by atoms with Gasteiger partial charge in [-0.25, -0.2) is 4.98 Å². The van der Waals surface area contributed by atoms with E-state index in [-0.39, 0.29) is 11.8 Å². The van der Waals surface area contributed by atoms with Crippen molar-refractivity contribution < 1.29 is 14.3 Å². The number of hydrogen-bond acceptors (Lipinski definition) is 5. The third-order valence-corrected chi connectivity index (χ3v) is 5.89. The summed E-state index contributed by atoms with van der Waals surface area (Å²) in [4.78, 5) is 30.6. The predicted octanol–water partition coefficient (Wildman–Crippen LogP) is 5.10. The Morgan fingerprint density at radius 3 is 2.68 bits per heavy atom. The highest BCUT2D eigenvalue weighted by Crippen LogP contribution is 2.36. The summed E-state index contributed by atoms with van der Waals surface area (Å²) in [5, 5.41) is 6.64. The average Bonchev–Trinajstić information content (AvgIpc) is 3.23. The van der Waals surface area contributed by atoms with Crippen molar-refractivity contribution in [2.45, 2.75) is 6.54 Å². The maximum absolute atomic E-state index is 12.7. The van der Waals surface area contributed by atoms with Gasteiger partial charge in [-0.05, 0) is 30.3 Å². The highest BCUT2D eigenvalue weighted by molar-refractivity contribution is 7.15. The lowest BCUT2D eigenvalue weighted by atomic mass is 10.1. The summed E-state index contributed by atoms with van der Waals surface area (Å²) in [5.74, 6) is 0.457. The molecule has 0 unspecified atom stereocenters. The van der Waals surface area contributed by atoms with Gasteiger partial charge in [-0.15, -0.1) is 11.3 Å². The van der Waals surface area contributed by atoms with Crippen LogP contribution in [-0.4, -0.2) is 16.8 Å². The predicted molar refractivity (Wildman–Crippen MR) is 120 cm³/mol. The van der Waals surface area contributed by atoms with Crippen LogP contribution >= 0.6 is 11.3 Å². The first-order valence-corrected chi connectivity index (χ1v) is 10.5. The Labute approximate surface area is 182 Å². The molecule has 2 N–H and O–H groups in total. The Morgan fingerprint density at radius 1 is 1.00 bits per heavy atom. The molecule has 0 spiro atoms. The van der Waals surface area contributed by atoms with E-state index in [0.717, 1.165) is 15.4 Å². The third kappa shape index (κ3) is 3.91. The average molecular weight is 427 g/mol. The minimum absolute atomic E-state index is 0.242. The van der Waals surface area contributed by atoms with Gasteiger partial charge in [-0.1, -0.05) is 42.5 Å². The molecule has 0 fully saturated rings. The second-order valence-electron chi connectivity index (χ2n) is 6.94. The van der Waals surface area contributed by atoms with Crippen LogP contribution in [0.1, 0.15) is 25.6 Å². The number of para-hydroxylation sites is 1. The molecule has 4 aromatic rings. The number of aromatic nitrogens is 1. The first-order chi connectivity index (χ1) is 15.2. The van der Waals surface area contributed by atoms with Gasteiger partial charge in [0.1, 0.15) is 10.8 Å². The van der Waals surface area contributed by atoms with Gasteiger partial charge >= 0.3 is 0 Å². The molecule has 2 heterocycles. The monoisotopic (exact) mass is 427 g/mol. The van der Waals surface area contributed by atoms with Crippen LogP contribution in [-0.2, 0) is 6.54 Å². The van der Waals surface area contributed by atoms with Crippen molar-refractivity contribution in [1.29, 1.82) is 0 Å². The Hall–Kier alpha value is -3.97. The Bertz CT molecular complexity index is 1280. The van der Waals surface area contributed by atoms with Crippen molar-refractivity contribution in [2.24, 2.45) is 0 Å². The van der Waals surface area contributed by atoms with Gasteiger partial charge in [0.15, 0.2) is 5.75 Å². The number of hydrogen-bond donors (Lipinski definition) is 2. The van der Waals surface area contributed by atoms with Gasteiger partial charge in [0, 0.05) is 22.2 Å². The number of carbonyl (C=O) groups excluding carboxylic acids is 2. The van der Waals surface area contributed by atoms with E-state index >= 15 is 0 Å². The number of fused-ring (bicyclic) bond motifs is 2. The van der Waals surface area contributed by atoms with Crippen LogP contribution in [0.5, 0.6) is 11.5 Å². The zero-order valence-corrected chi connectivity index (χ0v) is 17.1. The van der Waals surface area contributed by atoms with E-state index in [1.54, 1.807) is 42.6 Å². The number of amides is 2. The lowest BCUT2D eigenvalue weighted by molar-refractivity contribution is 0.0950. The second kappa shape index (κ2) is 8.04. The fourth-order valence-corrected chi connectivity index (χ4v) is 4.14. The summed E-state index contributed by atoms with van der Waals surface area (Å²) in [5.41, 5.74) is 2.39. The molecule has 152 valence electrons. The first-order valence-electron chi connectivity index (χ1n) is 9.68. The third-order valence-electron chi connectivity index (χ3n) is 4.84. The molecule has 0 bridgehead atoms. The van der Waals surface area contributed by atoms with Crippen LogP contribution in [0, 0.1) is 0 Å². The van der Waals surface area contributed by atoms with Crippen molar-refractivity contribution in [2.75, 3.05) is 5.32 Å². The Balaban J connectivity index is 1.30. The Morgan fingerprint density at radius 2 is 1.81 bits per heavy atom. The molecule has 1 aliphatic rings. The van der Waals surface area contributed by atoms with Gasteiger partial charge in [0.25, 0.3) is 11.8 Å². The number of nitrogens with zero attached hydrogens (tertiary/aromatic N) is 1. The molecule has 7 heteroatoms. The van der Waals surface area contributed by atoms with Gasteiger partial charge in [-0.3, -0.25) is 9.59 Å². The summed E-state index contributed by atoms with van der Waals surface area (Å²) < 4.78 is 5.86. The minimum atomic E-state index is -0.273. The summed E-state index contributed by atoms with van der Waals surface area (Å²) in [6.45, 7) is 0.370. The molecule has 0 atom stereocenters. The van der Waals surface area contributed by atoms with Crippen molar-refractivity contribution in [3.05, 3.63) is 95.0 Å². The topological polar surface area (TPSA) is 80.3 Å². The molecular weight excluding hydrogens is 410 g/mol. The number of thiazole rings is 1. The maximum atomic E-state index is 12.7. The molecular formula is C24H17N3O3S. The molecule has 2 amide bonds. The fraction of sp³-hybridized carbons (Fsp3) is 0.0417. The van der Waals surface area contributed by atoms with E-state index in [0.29, 0.717) is 34.9 Å². The summed E-state index contributed by atoms with van der Waals surface area (Å²) in [6.07, 6.45) is 1.77. The van der Waals surface area contributed by atoms with Gasteiger partial charge in [-0.2, -0.15) is 0 Å². The zero-order chi connectivity index (χ0) is 21.2. The van der Waals surface area contributed by atoms with Crippen LogP contribution in [0.25, 0.3) is 10.6 Å². The van der Waals surface area contributed by atoms with Crippen molar-refractivity contribution in [3.63, 3.8) is 0 Å². The molecule has 0 saturated carbocycles. The van der Waals surface area contributed by atoms with E-state index < -0.39 is 0 Å². The molecule has 1 aliphatic heterocycles. The summed E-state index contributed by atoms with van der Waals surface area (Å²) in [7, 11) is 0. The highest BCUT2D eigenvalue weighted by atomic mass is 32.1. The lowest BCUT2D eigenvalue weighted by Gasteiger charge is -2.10. The highest BCUT2D eigenvalue weighted by Gasteiger charge is 2.21. The molecule has 0 radical (unpaired) electrons. The van der Waals surface area contributed by atoms with E-state index in [1.807, 2.05) is 36.4 Å². The van der Waals surface area contributed by atoms with Crippen LogP contribution in [0.15, 0.2) is 79.0 Å². The number of benzene rings is 3. The molecule has 0 saturated heterocycles. The maximum Gasteiger partial charge on any atom is 0.259 e. The lowest BCUT2D eigenvalue weighted by Crippen LogP contribution is -2.22. The normalized spacial score (nSPS) is 12.1. The molecule has 5 rings (SSSR count). The van der Waals surface area contributed by atoms with E-state index in [4.69, 9.17) is 4.74 Å². The van der Waals surface area contributed by atoms with Gasteiger partial charge in [0.05, 0.1) is 17.8 Å². The quantitative estimate of drug-likeness (QED) is 0.475. The zero-order valence-electron chi connectivity index (χ0n) is 16.3. The summed E-state index contributed by atoms with van der Waals surface area (Å²) in [6, 6.07) is 21.9. The van der Waals surface area contributed by atoms with Crippen molar-refractivity contribution >= 4 is 28.8 Å². The number of nitrogens with one attached hydrogen (secondary N) is 2. The largest absolute Gasteiger partial charge is 0.454 e. The minimum Gasteiger partial charge on any atom is -0.454 e.